The fourth-order valence-corrected chi connectivity index (χ4v) is 1.93. The number of rotatable bonds is 4. The lowest BCUT2D eigenvalue weighted by atomic mass is 10.2. The summed E-state index contributed by atoms with van der Waals surface area (Å²) in [6, 6.07) is 9.14. The van der Waals surface area contributed by atoms with Gasteiger partial charge in [0.05, 0.1) is 12.2 Å². The Kier molecular flexibility index (Phi) is 3.33. The second-order valence-corrected chi connectivity index (χ2v) is 4.06. The van der Waals surface area contributed by atoms with Gasteiger partial charge in [0, 0.05) is 0 Å². The Labute approximate surface area is 108 Å². The molecule has 1 aromatic heterocycles. The number of aryl methyl sites for hydroxylation is 1. The second-order valence-electron chi connectivity index (χ2n) is 4.06. The molecule has 2 rings (SSSR count). The lowest BCUT2D eigenvalue weighted by Gasteiger charge is -2.04. The van der Waals surface area contributed by atoms with Crippen LogP contribution in [-0.2, 0) is 6.54 Å². The molecule has 0 bridgehead atoms. The molecule has 0 saturated heterocycles. The number of hydrogen-bond donors (Lipinski definition) is 2. The van der Waals surface area contributed by atoms with Crippen LogP contribution in [0.25, 0.3) is 0 Å². The smallest absolute Gasteiger partial charge is 0.355 e. The first-order valence-electron chi connectivity index (χ1n) is 5.58. The number of aromatic nitrogens is 2. The Morgan fingerprint density at radius 2 is 1.79 bits per heavy atom. The first-order chi connectivity index (χ1) is 9.00. The van der Waals surface area contributed by atoms with Crippen LogP contribution in [0.4, 0.5) is 0 Å². The quantitative estimate of drug-likeness (QED) is 0.871. The van der Waals surface area contributed by atoms with Crippen LogP contribution in [0.15, 0.2) is 30.3 Å². The molecule has 0 amide bonds. The molecule has 2 aromatic rings. The molecular weight excluding hydrogens is 248 g/mol. The SMILES string of the molecule is Cc1nn(Cc2ccccc2)c(C(=O)O)c1C(=O)O. The molecule has 0 atom stereocenters. The molecule has 0 fully saturated rings. The van der Waals surface area contributed by atoms with E-state index in [4.69, 9.17) is 10.2 Å². The molecule has 2 N–H and O–H groups in total. The molecular formula is C13H12N2O4. The molecule has 0 radical (unpaired) electrons. The van der Waals surface area contributed by atoms with Gasteiger partial charge < -0.3 is 10.2 Å². The minimum absolute atomic E-state index is 0.195. The summed E-state index contributed by atoms with van der Waals surface area (Å²) in [4.78, 5) is 22.3. The zero-order valence-electron chi connectivity index (χ0n) is 10.2. The van der Waals surface area contributed by atoms with Crippen LogP contribution in [-0.4, -0.2) is 31.9 Å². The van der Waals surface area contributed by atoms with Crippen molar-refractivity contribution in [2.24, 2.45) is 0 Å². The van der Waals surface area contributed by atoms with Gasteiger partial charge in [0.25, 0.3) is 0 Å². The van der Waals surface area contributed by atoms with Gasteiger partial charge in [0.1, 0.15) is 5.56 Å². The van der Waals surface area contributed by atoms with Crippen LogP contribution in [0, 0.1) is 6.92 Å². The van der Waals surface area contributed by atoms with Crippen LogP contribution < -0.4 is 0 Å². The van der Waals surface area contributed by atoms with Gasteiger partial charge in [-0.15, -0.1) is 0 Å². The first-order valence-corrected chi connectivity index (χ1v) is 5.58. The van der Waals surface area contributed by atoms with E-state index in [0.29, 0.717) is 0 Å². The predicted octanol–water partition coefficient (Wildman–Crippen LogP) is 1.64. The van der Waals surface area contributed by atoms with E-state index in [9.17, 15) is 9.59 Å². The largest absolute Gasteiger partial charge is 0.478 e. The van der Waals surface area contributed by atoms with Crippen molar-refractivity contribution in [3.8, 4) is 0 Å². The topological polar surface area (TPSA) is 92.4 Å². The first kappa shape index (κ1) is 12.8. The van der Waals surface area contributed by atoms with E-state index in [1.165, 1.54) is 11.6 Å². The lowest BCUT2D eigenvalue weighted by Crippen LogP contribution is -2.14. The van der Waals surface area contributed by atoms with Gasteiger partial charge in [-0.05, 0) is 12.5 Å². The van der Waals surface area contributed by atoms with Crippen LogP contribution in [0.1, 0.15) is 32.1 Å². The van der Waals surface area contributed by atoms with Crippen molar-refractivity contribution in [2.45, 2.75) is 13.5 Å². The van der Waals surface area contributed by atoms with Crippen LogP contribution in [0.3, 0.4) is 0 Å². The van der Waals surface area contributed by atoms with Crippen LogP contribution >= 0.6 is 0 Å². The van der Waals surface area contributed by atoms with E-state index in [0.717, 1.165) is 5.56 Å². The molecule has 6 heteroatoms. The summed E-state index contributed by atoms with van der Waals surface area (Å²) in [5.41, 5.74) is 0.488. The maximum atomic E-state index is 11.2. The highest BCUT2D eigenvalue weighted by Crippen LogP contribution is 2.16. The fourth-order valence-electron chi connectivity index (χ4n) is 1.93. The molecule has 1 heterocycles. The van der Waals surface area contributed by atoms with Crippen molar-refractivity contribution < 1.29 is 19.8 Å². The van der Waals surface area contributed by atoms with Crippen LogP contribution in [0.2, 0.25) is 0 Å². The monoisotopic (exact) mass is 260 g/mol. The third kappa shape index (κ3) is 2.47. The summed E-state index contributed by atoms with van der Waals surface area (Å²) < 4.78 is 1.20. The summed E-state index contributed by atoms with van der Waals surface area (Å²) in [5, 5.41) is 22.2. The predicted molar refractivity (Wildman–Crippen MR) is 66.4 cm³/mol. The fraction of sp³-hybridized carbons (Fsp3) is 0.154. The summed E-state index contributed by atoms with van der Waals surface area (Å²) >= 11 is 0. The van der Waals surface area contributed by atoms with Crippen molar-refractivity contribution in [2.75, 3.05) is 0 Å². The summed E-state index contributed by atoms with van der Waals surface area (Å²) in [5.74, 6) is -2.58. The Bertz CT molecular complexity index is 632. The van der Waals surface area contributed by atoms with E-state index in [1.807, 2.05) is 30.3 Å². The number of carboxylic acids is 2. The van der Waals surface area contributed by atoms with E-state index >= 15 is 0 Å². The number of aromatic carboxylic acids is 2. The van der Waals surface area contributed by atoms with Gasteiger partial charge in [-0.2, -0.15) is 5.10 Å². The maximum Gasteiger partial charge on any atom is 0.355 e. The molecule has 0 unspecified atom stereocenters. The molecule has 0 aliphatic rings. The molecule has 19 heavy (non-hydrogen) atoms. The number of carbonyl (C=O) groups is 2. The van der Waals surface area contributed by atoms with Crippen molar-refractivity contribution in [3.63, 3.8) is 0 Å². The molecule has 0 saturated carbocycles. The van der Waals surface area contributed by atoms with Crippen molar-refractivity contribution in [3.05, 3.63) is 52.8 Å². The zero-order chi connectivity index (χ0) is 14.0. The van der Waals surface area contributed by atoms with E-state index in [2.05, 4.69) is 5.10 Å². The van der Waals surface area contributed by atoms with Gasteiger partial charge >= 0.3 is 11.9 Å². The van der Waals surface area contributed by atoms with Crippen LogP contribution in [0.5, 0.6) is 0 Å². The summed E-state index contributed by atoms with van der Waals surface area (Å²) in [6.45, 7) is 1.70. The summed E-state index contributed by atoms with van der Waals surface area (Å²) in [7, 11) is 0. The average Bonchev–Trinajstić information content (AvgIpc) is 2.67. The highest BCUT2D eigenvalue weighted by Gasteiger charge is 2.25. The Morgan fingerprint density at radius 3 is 2.32 bits per heavy atom. The molecule has 1 aromatic carbocycles. The van der Waals surface area contributed by atoms with Gasteiger partial charge in [0.2, 0.25) is 0 Å². The molecule has 6 nitrogen and oxygen atoms in total. The zero-order valence-corrected chi connectivity index (χ0v) is 10.2. The molecule has 0 aliphatic carbocycles. The number of hydrogen-bond acceptors (Lipinski definition) is 3. The normalized spacial score (nSPS) is 10.4. The molecule has 0 spiro atoms. The lowest BCUT2D eigenvalue weighted by molar-refractivity contribution is 0.0643. The van der Waals surface area contributed by atoms with E-state index in [1.54, 1.807) is 0 Å². The van der Waals surface area contributed by atoms with Crippen molar-refractivity contribution >= 4 is 11.9 Å². The van der Waals surface area contributed by atoms with Gasteiger partial charge in [-0.3, -0.25) is 4.68 Å². The van der Waals surface area contributed by atoms with E-state index < -0.39 is 11.9 Å². The van der Waals surface area contributed by atoms with Gasteiger partial charge in [-0.1, -0.05) is 30.3 Å². The van der Waals surface area contributed by atoms with Gasteiger partial charge in [0.15, 0.2) is 5.69 Å². The second kappa shape index (κ2) is 4.93. The van der Waals surface area contributed by atoms with E-state index in [-0.39, 0.29) is 23.5 Å². The van der Waals surface area contributed by atoms with Crippen molar-refractivity contribution in [1.29, 1.82) is 0 Å². The average molecular weight is 260 g/mol. The third-order valence-electron chi connectivity index (χ3n) is 2.72. The maximum absolute atomic E-state index is 11.2. The standard InChI is InChI=1S/C13H12N2O4/c1-8-10(12(16)17)11(13(18)19)15(14-8)7-9-5-3-2-4-6-9/h2-6H,7H2,1H3,(H,16,17)(H,18,19). The highest BCUT2D eigenvalue weighted by molar-refractivity contribution is 6.01. The molecule has 98 valence electrons. The number of benzene rings is 1. The Balaban J connectivity index is 2.49. The minimum atomic E-state index is -1.30. The Hall–Kier alpha value is -2.63. The van der Waals surface area contributed by atoms with Crippen molar-refractivity contribution in [1.82, 2.24) is 9.78 Å². The molecule has 0 aliphatic heterocycles. The summed E-state index contributed by atoms with van der Waals surface area (Å²) in [6.07, 6.45) is 0. The third-order valence-corrected chi connectivity index (χ3v) is 2.72. The number of carboxylic acid groups (broad SMARTS) is 2. The minimum Gasteiger partial charge on any atom is -0.478 e. The van der Waals surface area contributed by atoms with Gasteiger partial charge in [-0.25, -0.2) is 9.59 Å². The Morgan fingerprint density at radius 1 is 1.16 bits per heavy atom. The number of nitrogens with zero attached hydrogens (tertiary/aromatic N) is 2. The highest BCUT2D eigenvalue weighted by atomic mass is 16.4.